The van der Waals surface area contributed by atoms with Crippen LogP contribution in [0.25, 0.3) is 5.69 Å². The molecular weight excluding hydrogens is 388 g/mol. The topological polar surface area (TPSA) is 59.3 Å². The number of halogens is 1. The number of rotatable bonds is 8. The molecule has 1 N–H and O–H groups in total. The predicted molar refractivity (Wildman–Crippen MR) is 117 cm³/mol. The fourth-order valence-corrected chi connectivity index (χ4v) is 4.03. The minimum Gasteiger partial charge on any atom is -0.356 e. The number of carbonyl (C=O) groups excluding carboxylic acids is 1. The molecule has 6 nitrogen and oxygen atoms in total. The molecule has 1 amide bonds. The van der Waals surface area contributed by atoms with E-state index in [2.05, 4.69) is 17.1 Å². The number of hydrogen-bond acceptors (Lipinski definition) is 3. The molecule has 0 unspecified atom stereocenters. The average molecular weight is 419 g/mol. The van der Waals surface area contributed by atoms with Crippen molar-refractivity contribution < 1.29 is 4.79 Å². The van der Waals surface area contributed by atoms with E-state index in [1.165, 1.54) is 0 Å². The van der Waals surface area contributed by atoms with Gasteiger partial charge < -0.3 is 5.32 Å². The largest absolute Gasteiger partial charge is 0.356 e. The van der Waals surface area contributed by atoms with Crippen molar-refractivity contribution in [2.45, 2.75) is 52.6 Å². The highest BCUT2D eigenvalue weighted by Crippen LogP contribution is 2.18. The van der Waals surface area contributed by atoms with Crippen LogP contribution in [-0.2, 0) is 11.5 Å². The number of likely N-dealkylation sites (tertiary alicyclic amines) is 1. The summed E-state index contributed by atoms with van der Waals surface area (Å²) in [6.45, 7) is 7.07. The Balaban J connectivity index is 1.56. The quantitative estimate of drug-likeness (QED) is 0.666. The number of aromatic nitrogens is 2. The smallest absolute Gasteiger partial charge is 0.334 e. The molecule has 2 heterocycles. The van der Waals surface area contributed by atoms with Crippen LogP contribution in [0.5, 0.6) is 0 Å². The minimum absolute atomic E-state index is 0.0550. The summed E-state index contributed by atoms with van der Waals surface area (Å²) in [6.07, 6.45) is 6.93. The summed E-state index contributed by atoms with van der Waals surface area (Å²) >= 11 is 5.96. The monoisotopic (exact) mass is 418 g/mol. The number of nitrogens with one attached hydrogen (secondary N) is 1. The molecule has 158 valence electrons. The Kier molecular flexibility index (Phi) is 7.56. The molecule has 1 aromatic heterocycles. The second kappa shape index (κ2) is 10.1. The van der Waals surface area contributed by atoms with Crippen LogP contribution < -0.4 is 11.0 Å². The summed E-state index contributed by atoms with van der Waals surface area (Å²) in [5, 5.41) is 3.72. The summed E-state index contributed by atoms with van der Waals surface area (Å²) in [5.41, 5.74) is 1.65. The van der Waals surface area contributed by atoms with Crippen LogP contribution in [-0.4, -0.2) is 39.6 Å². The zero-order chi connectivity index (χ0) is 20.8. The van der Waals surface area contributed by atoms with Crippen LogP contribution in [0, 0.1) is 12.8 Å². The van der Waals surface area contributed by atoms with Crippen molar-refractivity contribution in [3.63, 3.8) is 0 Å². The van der Waals surface area contributed by atoms with E-state index in [0.29, 0.717) is 11.7 Å². The molecule has 0 bridgehead atoms. The van der Waals surface area contributed by atoms with Gasteiger partial charge in [0.05, 0.1) is 12.4 Å². The van der Waals surface area contributed by atoms with Crippen molar-refractivity contribution in [3.05, 3.63) is 51.7 Å². The van der Waals surface area contributed by atoms with E-state index in [-0.39, 0.29) is 17.5 Å². The van der Waals surface area contributed by atoms with Gasteiger partial charge in [0.25, 0.3) is 0 Å². The molecule has 1 fully saturated rings. The lowest BCUT2D eigenvalue weighted by molar-refractivity contribution is -0.126. The first kappa shape index (κ1) is 21.7. The molecule has 1 saturated heterocycles. The molecular formula is C22H31ClN4O2. The Labute approximate surface area is 177 Å². The maximum absolute atomic E-state index is 12.9. The predicted octanol–water partition coefficient (Wildman–Crippen LogP) is 3.58. The van der Waals surface area contributed by atoms with Gasteiger partial charge in [-0.3, -0.25) is 18.8 Å². The maximum atomic E-state index is 12.9. The van der Waals surface area contributed by atoms with Crippen molar-refractivity contribution in [1.82, 2.24) is 19.4 Å². The van der Waals surface area contributed by atoms with Crippen molar-refractivity contribution in [3.8, 4) is 5.69 Å². The van der Waals surface area contributed by atoms with Crippen LogP contribution in [0.2, 0.25) is 5.02 Å². The number of amides is 1. The van der Waals surface area contributed by atoms with E-state index < -0.39 is 0 Å². The lowest BCUT2D eigenvalue weighted by atomic mass is 9.96. The summed E-state index contributed by atoms with van der Waals surface area (Å²) in [6, 6.07) is 7.29. The van der Waals surface area contributed by atoms with Gasteiger partial charge in [-0.15, -0.1) is 0 Å². The Morgan fingerprint density at radius 3 is 2.52 bits per heavy atom. The highest BCUT2D eigenvalue weighted by atomic mass is 35.5. The number of hydrogen-bond donors (Lipinski definition) is 1. The van der Waals surface area contributed by atoms with Crippen LogP contribution in [0.1, 0.15) is 44.7 Å². The zero-order valence-electron chi connectivity index (χ0n) is 17.4. The number of carbonyl (C=O) groups is 1. The molecule has 0 radical (unpaired) electrons. The number of unbranched alkanes of at least 4 members (excludes halogenated alkanes) is 2. The Morgan fingerprint density at radius 1 is 1.17 bits per heavy atom. The SMILES string of the molecule is CCCCCNC(=O)C1CCN(Cn2cc(C)n(-c3ccc(Cl)cc3)c2=O)CC1. The Bertz CT molecular complexity index is 864. The highest BCUT2D eigenvalue weighted by molar-refractivity contribution is 6.30. The third kappa shape index (κ3) is 5.52. The van der Waals surface area contributed by atoms with Gasteiger partial charge in [-0.1, -0.05) is 31.4 Å². The van der Waals surface area contributed by atoms with Gasteiger partial charge in [-0.25, -0.2) is 4.79 Å². The van der Waals surface area contributed by atoms with Gasteiger partial charge in [0.1, 0.15) is 0 Å². The van der Waals surface area contributed by atoms with Crippen LogP contribution in [0.15, 0.2) is 35.3 Å². The van der Waals surface area contributed by atoms with Crippen molar-refractivity contribution in [2.75, 3.05) is 19.6 Å². The first-order valence-electron chi connectivity index (χ1n) is 10.5. The van der Waals surface area contributed by atoms with Gasteiger partial charge in [0.2, 0.25) is 5.91 Å². The number of imidazole rings is 1. The lowest BCUT2D eigenvalue weighted by Crippen LogP contribution is -2.42. The van der Waals surface area contributed by atoms with Crippen molar-refractivity contribution in [2.24, 2.45) is 5.92 Å². The molecule has 29 heavy (non-hydrogen) atoms. The summed E-state index contributed by atoms with van der Waals surface area (Å²) in [5.74, 6) is 0.271. The number of benzene rings is 1. The first-order valence-corrected chi connectivity index (χ1v) is 10.9. The molecule has 1 aliphatic heterocycles. The number of nitrogens with zero attached hydrogens (tertiary/aromatic N) is 3. The Morgan fingerprint density at radius 2 is 1.86 bits per heavy atom. The molecule has 0 saturated carbocycles. The minimum atomic E-state index is -0.0550. The number of aryl methyl sites for hydroxylation is 1. The summed E-state index contributed by atoms with van der Waals surface area (Å²) in [4.78, 5) is 27.5. The molecule has 7 heteroatoms. The second-order valence-corrected chi connectivity index (χ2v) is 8.30. The fraction of sp³-hybridized carbons (Fsp3) is 0.545. The zero-order valence-corrected chi connectivity index (χ0v) is 18.1. The molecule has 3 rings (SSSR count). The van der Waals surface area contributed by atoms with Crippen LogP contribution >= 0.6 is 11.6 Å². The van der Waals surface area contributed by atoms with Gasteiger partial charge in [-0.05, 0) is 50.5 Å². The van der Waals surface area contributed by atoms with E-state index in [1.807, 2.05) is 25.3 Å². The third-order valence-electron chi connectivity index (χ3n) is 5.61. The Hall–Kier alpha value is -2.05. The van der Waals surface area contributed by atoms with Crippen LogP contribution in [0.4, 0.5) is 0 Å². The van der Waals surface area contributed by atoms with E-state index in [4.69, 9.17) is 11.6 Å². The van der Waals surface area contributed by atoms with E-state index in [0.717, 1.165) is 63.1 Å². The third-order valence-corrected chi connectivity index (χ3v) is 5.86. The highest BCUT2D eigenvalue weighted by Gasteiger charge is 2.25. The van der Waals surface area contributed by atoms with E-state index in [9.17, 15) is 9.59 Å². The molecule has 0 atom stereocenters. The number of piperidine rings is 1. The summed E-state index contributed by atoms with van der Waals surface area (Å²) in [7, 11) is 0. The molecule has 1 aliphatic rings. The van der Waals surface area contributed by atoms with Crippen LogP contribution in [0.3, 0.4) is 0 Å². The lowest BCUT2D eigenvalue weighted by Gasteiger charge is -2.31. The molecule has 0 spiro atoms. The van der Waals surface area contributed by atoms with Gasteiger partial charge in [0.15, 0.2) is 0 Å². The van der Waals surface area contributed by atoms with Crippen molar-refractivity contribution in [1.29, 1.82) is 0 Å². The molecule has 2 aromatic rings. The van der Waals surface area contributed by atoms with Crippen molar-refractivity contribution >= 4 is 17.5 Å². The van der Waals surface area contributed by atoms with E-state index in [1.54, 1.807) is 21.3 Å². The van der Waals surface area contributed by atoms with E-state index >= 15 is 0 Å². The van der Waals surface area contributed by atoms with Gasteiger partial charge in [-0.2, -0.15) is 0 Å². The maximum Gasteiger partial charge on any atom is 0.334 e. The van der Waals surface area contributed by atoms with Gasteiger partial charge in [0, 0.05) is 42.5 Å². The standard InChI is InChI=1S/C22H31ClN4O2/c1-3-4-5-12-24-21(28)18-10-13-25(14-11-18)16-26-15-17(2)27(22(26)29)20-8-6-19(23)7-9-20/h6-9,15,18H,3-5,10-14,16H2,1-2H3,(H,24,28). The average Bonchev–Trinajstić information content (AvgIpc) is 2.99. The molecule has 0 aliphatic carbocycles. The van der Waals surface area contributed by atoms with Gasteiger partial charge >= 0.3 is 5.69 Å². The molecule has 1 aromatic carbocycles. The first-order chi connectivity index (χ1) is 14.0. The second-order valence-electron chi connectivity index (χ2n) is 7.87. The fourth-order valence-electron chi connectivity index (χ4n) is 3.91. The normalized spacial score (nSPS) is 15.6. The summed E-state index contributed by atoms with van der Waals surface area (Å²) < 4.78 is 3.45.